The summed E-state index contributed by atoms with van der Waals surface area (Å²) in [6.45, 7) is 9.34. The average Bonchev–Trinajstić information content (AvgIpc) is 2.37. The van der Waals surface area contributed by atoms with Crippen LogP contribution < -0.4 is 5.32 Å². The molecule has 0 amide bonds. The van der Waals surface area contributed by atoms with E-state index in [1.54, 1.807) is 7.11 Å². The molecule has 2 unspecified atom stereocenters. The van der Waals surface area contributed by atoms with Gasteiger partial charge in [-0.3, -0.25) is 0 Å². The summed E-state index contributed by atoms with van der Waals surface area (Å²) in [5, 5.41) is 13.6. The van der Waals surface area contributed by atoms with Gasteiger partial charge in [0.05, 0.1) is 5.60 Å². The third kappa shape index (κ3) is 5.31. The molecule has 0 bridgehead atoms. The van der Waals surface area contributed by atoms with Crippen molar-refractivity contribution in [2.75, 3.05) is 20.3 Å². The first-order chi connectivity index (χ1) is 8.85. The van der Waals surface area contributed by atoms with Gasteiger partial charge in [-0.2, -0.15) is 0 Å². The van der Waals surface area contributed by atoms with Crippen LogP contribution in [0, 0.1) is 13.8 Å². The summed E-state index contributed by atoms with van der Waals surface area (Å²) < 4.78 is 5.01. The second-order valence-electron chi connectivity index (χ2n) is 5.69. The summed E-state index contributed by atoms with van der Waals surface area (Å²) >= 11 is 0. The number of rotatable bonds is 7. The molecular weight excluding hydrogens is 238 g/mol. The Morgan fingerprint density at radius 2 is 2.00 bits per heavy atom. The van der Waals surface area contributed by atoms with E-state index in [2.05, 4.69) is 44.3 Å². The number of aryl methyl sites for hydroxylation is 2. The van der Waals surface area contributed by atoms with Crippen LogP contribution in [0.5, 0.6) is 0 Å². The van der Waals surface area contributed by atoms with Crippen LogP contribution in [-0.4, -0.2) is 31.0 Å². The molecule has 0 aliphatic carbocycles. The summed E-state index contributed by atoms with van der Waals surface area (Å²) in [6, 6.07) is 6.72. The van der Waals surface area contributed by atoms with Crippen molar-refractivity contribution in [2.45, 2.75) is 45.8 Å². The van der Waals surface area contributed by atoms with Crippen molar-refractivity contribution in [3.05, 3.63) is 34.9 Å². The SMILES string of the molecule is COCCC(C)(O)CNC(C)c1ccc(C)c(C)c1. The Labute approximate surface area is 117 Å². The molecule has 2 atom stereocenters. The van der Waals surface area contributed by atoms with Gasteiger partial charge in [-0.15, -0.1) is 0 Å². The molecule has 0 aromatic heterocycles. The highest BCUT2D eigenvalue weighted by atomic mass is 16.5. The average molecular weight is 265 g/mol. The van der Waals surface area contributed by atoms with Crippen molar-refractivity contribution in [1.29, 1.82) is 0 Å². The Hall–Kier alpha value is -0.900. The molecule has 3 heteroatoms. The lowest BCUT2D eigenvalue weighted by Crippen LogP contribution is -2.39. The summed E-state index contributed by atoms with van der Waals surface area (Å²) in [7, 11) is 1.65. The van der Waals surface area contributed by atoms with E-state index in [-0.39, 0.29) is 6.04 Å². The molecule has 0 radical (unpaired) electrons. The maximum absolute atomic E-state index is 10.2. The fourth-order valence-corrected chi connectivity index (χ4v) is 1.94. The number of hydrogen-bond acceptors (Lipinski definition) is 3. The second-order valence-corrected chi connectivity index (χ2v) is 5.69. The maximum atomic E-state index is 10.2. The first kappa shape index (κ1) is 16.2. The van der Waals surface area contributed by atoms with Gasteiger partial charge in [0.15, 0.2) is 0 Å². The van der Waals surface area contributed by atoms with Gasteiger partial charge >= 0.3 is 0 Å². The first-order valence-corrected chi connectivity index (χ1v) is 6.87. The van der Waals surface area contributed by atoms with Crippen LogP contribution in [0.4, 0.5) is 0 Å². The number of nitrogens with one attached hydrogen (secondary N) is 1. The van der Waals surface area contributed by atoms with Crippen molar-refractivity contribution in [2.24, 2.45) is 0 Å². The van der Waals surface area contributed by atoms with Crippen LogP contribution in [0.2, 0.25) is 0 Å². The van der Waals surface area contributed by atoms with Gasteiger partial charge in [0.2, 0.25) is 0 Å². The second kappa shape index (κ2) is 7.04. The molecule has 108 valence electrons. The molecule has 2 N–H and O–H groups in total. The molecular formula is C16H27NO2. The molecule has 0 saturated carbocycles. The van der Waals surface area contributed by atoms with Crippen molar-refractivity contribution < 1.29 is 9.84 Å². The molecule has 19 heavy (non-hydrogen) atoms. The minimum atomic E-state index is -0.732. The maximum Gasteiger partial charge on any atom is 0.0765 e. The Balaban J connectivity index is 2.54. The number of ether oxygens (including phenoxy) is 1. The Morgan fingerprint density at radius 3 is 2.58 bits per heavy atom. The van der Waals surface area contributed by atoms with Gasteiger partial charge in [0.25, 0.3) is 0 Å². The molecule has 0 heterocycles. The minimum absolute atomic E-state index is 0.230. The summed E-state index contributed by atoms with van der Waals surface area (Å²) in [4.78, 5) is 0. The monoisotopic (exact) mass is 265 g/mol. The third-order valence-corrected chi connectivity index (χ3v) is 3.66. The molecule has 0 aliphatic rings. The highest BCUT2D eigenvalue weighted by Gasteiger charge is 2.20. The number of benzene rings is 1. The predicted octanol–water partition coefficient (Wildman–Crippen LogP) is 2.74. The van der Waals surface area contributed by atoms with E-state index in [0.717, 1.165) is 0 Å². The van der Waals surface area contributed by atoms with E-state index in [1.807, 2.05) is 6.92 Å². The third-order valence-electron chi connectivity index (χ3n) is 3.66. The Bertz CT molecular complexity index is 402. The molecule has 3 nitrogen and oxygen atoms in total. The largest absolute Gasteiger partial charge is 0.389 e. The lowest BCUT2D eigenvalue weighted by molar-refractivity contribution is 0.0231. The Kier molecular flexibility index (Phi) is 5.98. The zero-order chi connectivity index (χ0) is 14.5. The van der Waals surface area contributed by atoms with E-state index >= 15 is 0 Å². The summed E-state index contributed by atoms with van der Waals surface area (Å²) in [5.74, 6) is 0. The predicted molar refractivity (Wildman–Crippen MR) is 79.5 cm³/mol. The lowest BCUT2D eigenvalue weighted by atomic mass is 9.99. The van der Waals surface area contributed by atoms with Gasteiger partial charge in [0.1, 0.15) is 0 Å². The van der Waals surface area contributed by atoms with Gasteiger partial charge < -0.3 is 15.2 Å². The molecule has 0 fully saturated rings. The van der Waals surface area contributed by atoms with Gasteiger partial charge in [-0.1, -0.05) is 18.2 Å². The first-order valence-electron chi connectivity index (χ1n) is 6.87. The summed E-state index contributed by atoms with van der Waals surface area (Å²) in [5.41, 5.74) is 3.13. The minimum Gasteiger partial charge on any atom is -0.389 e. The summed E-state index contributed by atoms with van der Waals surface area (Å²) in [6.07, 6.45) is 0.635. The van der Waals surface area contributed by atoms with Gasteiger partial charge in [0, 0.05) is 32.7 Å². The molecule has 0 spiro atoms. The van der Waals surface area contributed by atoms with Crippen LogP contribution in [0.3, 0.4) is 0 Å². The standard InChI is InChI=1S/C16H27NO2/c1-12-6-7-15(10-13(12)2)14(3)17-11-16(4,18)8-9-19-5/h6-7,10,14,17-18H,8-9,11H2,1-5H3. The number of aliphatic hydroxyl groups is 1. The van der Waals surface area contributed by atoms with Crippen molar-refractivity contribution >= 4 is 0 Å². The van der Waals surface area contributed by atoms with E-state index < -0.39 is 5.60 Å². The molecule has 1 aromatic carbocycles. The van der Waals surface area contributed by atoms with Gasteiger partial charge in [-0.25, -0.2) is 0 Å². The van der Waals surface area contributed by atoms with Crippen molar-refractivity contribution in [1.82, 2.24) is 5.32 Å². The fourth-order valence-electron chi connectivity index (χ4n) is 1.94. The smallest absolute Gasteiger partial charge is 0.0765 e. The topological polar surface area (TPSA) is 41.5 Å². The van der Waals surface area contributed by atoms with Crippen LogP contribution in [0.15, 0.2) is 18.2 Å². The lowest BCUT2D eigenvalue weighted by Gasteiger charge is -2.26. The highest BCUT2D eigenvalue weighted by molar-refractivity contribution is 5.31. The van der Waals surface area contributed by atoms with Crippen LogP contribution in [-0.2, 0) is 4.74 Å². The van der Waals surface area contributed by atoms with Crippen LogP contribution >= 0.6 is 0 Å². The van der Waals surface area contributed by atoms with Crippen molar-refractivity contribution in [3.8, 4) is 0 Å². The van der Waals surface area contributed by atoms with Gasteiger partial charge in [-0.05, 0) is 44.4 Å². The van der Waals surface area contributed by atoms with E-state index in [1.165, 1.54) is 16.7 Å². The number of hydrogen-bond donors (Lipinski definition) is 2. The van der Waals surface area contributed by atoms with Crippen LogP contribution in [0.1, 0.15) is 43.0 Å². The molecule has 1 aromatic rings. The molecule has 1 rings (SSSR count). The molecule has 0 saturated heterocycles. The fraction of sp³-hybridized carbons (Fsp3) is 0.625. The Morgan fingerprint density at radius 1 is 1.32 bits per heavy atom. The zero-order valence-electron chi connectivity index (χ0n) is 12.8. The zero-order valence-corrected chi connectivity index (χ0v) is 12.8. The van der Waals surface area contributed by atoms with E-state index in [9.17, 15) is 5.11 Å². The van der Waals surface area contributed by atoms with E-state index in [0.29, 0.717) is 19.6 Å². The normalized spacial score (nSPS) is 16.1. The highest BCUT2D eigenvalue weighted by Crippen LogP contribution is 2.18. The van der Waals surface area contributed by atoms with E-state index in [4.69, 9.17) is 4.74 Å². The van der Waals surface area contributed by atoms with Crippen LogP contribution in [0.25, 0.3) is 0 Å². The van der Waals surface area contributed by atoms with Crippen molar-refractivity contribution in [3.63, 3.8) is 0 Å². The number of methoxy groups -OCH3 is 1. The molecule has 0 aliphatic heterocycles. The quantitative estimate of drug-likeness (QED) is 0.796.